The largest absolute Gasteiger partial charge is 0.388 e. The first-order chi connectivity index (χ1) is 11.2. The van der Waals surface area contributed by atoms with E-state index in [1.54, 1.807) is 13.8 Å². The number of benzene rings is 2. The normalized spacial score (nSPS) is 12.6. The second-order valence-corrected chi connectivity index (χ2v) is 7.33. The molecule has 1 N–H and O–H groups in total. The lowest BCUT2D eigenvalue weighted by Gasteiger charge is -2.37. The van der Waals surface area contributed by atoms with Crippen LogP contribution in [0.2, 0.25) is 0 Å². The molecule has 2 nitrogen and oxygen atoms in total. The minimum absolute atomic E-state index is 0.303. The zero-order valence-electron chi connectivity index (χ0n) is 15.6. The maximum atomic E-state index is 10.1. The van der Waals surface area contributed by atoms with Crippen LogP contribution in [0.4, 0.5) is 0 Å². The molecule has 0 saturated carbocycles. The highest BCUT2D eigenvalue weighted by molar-refractivity contribution is 5.87. The van der Waals surface area contributed by atoms with Crippen molar-refractivity contribution in [1.82, 2.24) is 0 Å². The van der Waals surface area contributed by atoms with Crippen LogP contribution in [-0.2, 0) is 10.3 Å². The molecule has 0 radical (unpaired) electrons. The number of aliphatic hydroxyl groups is 1. The van der Waals surface area contributed by atoms with Crippen molar-refractivity contribution in [3.8, 4) is 0 Å². The minimum Gasteiger partial charge on any atom is -0.388 e. The van der Waals surface area contributed by atoms with E-state index >= 15 is 0 Å². The molecule has 24 heavy (non-hydrogen) atoms. The Morgan fingerprint density at radius 3 is 2.08 bits per heavy atom. The summed E-state index contributed by atoms with van der Waals surface area (Å²) in [4.78, 5) is 0. The predicted molar refractivity (Wildman–Crippen MR) is 103 cm³/mol. The molecule has 2 aromatic carbocycles. The monoisotopic (exact) mass is 326 g/mol. The van der Waals surface area contributed by atoms with Crippen molar-refractivity contribution in [3.05, 3.63) is 54.1 Å². The van der Waals surface area contributed by atoms with Gasteiger partial charge >= 0.3 is 0 Å². The van der Waals surface area contributed by atoms with Crippen LogP contribution >= 0.6 is 0 Å². The standard InChI is InChI=1S/C22H30O2/c1-7-22(8-2,24-15-21(5,6)23)20-14-18-12-10-9-11-17(18)13-19(20)16(3)4/h9-14,23H,3,7-8,15H2,1-2,4-6H3. The van der Waals surface area contributed by atoms with Crippen molar-refractivity contribution in [1.29, 1.82) is 0 Å². The van der Waals surface area contributed by atoms with E-state index in [0.717, 1.165) is 24.0 Å². The molecule has 0 spiro atoms. The molecule has 2 rings (SSSR count). The average molecular weight is 326 g/mol. The third kappa shape index (κ3) is 3.88. The first-order valence-electron chi connectivity index (χ1n) is 8.78. The quantitative estimate of drug-likeness (QED) is 0.709. The molecule has 0 saturated heterocycles. The van der Waals surface area contributed by atoms with Crippen LogP contribution in [0.3, 0.4) is 0 Å². The van der Waals surface area contributed by atoms with Crippen LogP contribution in [0.1, 0.15) is 58.6 Å². The van der Waals surface area contributed by atoms with Crippen LogP contribution in [0.5, 0.6) is 0 Å². The van der Waals surface area contributed by atoms with E-state index in [0.29, 0.717) is 6.61 Å². The maximum Gasteiger partial charge on any atom is 0.0933 e. The lowest BCUT2D eigenvalue weighted by atomic mass is 9.82. The summed E-state index contributed by atoms with van der Waals surface area (Å²) in [5, 5.41) is 12.5. The summed E-state index contributed by atoms with van der Waals surface area (Å²) in [5.74, 6) is 0. The molecular weight excluding hydrogens is 296 g/mol. The van der Waals surface area contributed by atoms with Crippen molar-refractivity contribution < 1.29 is 9.84 Å². The van der Waals surface area contributed by atoms with E-state index in [4.69, 9.17) is 4.74 Å². The Morgan fingerprint density at radius 2 is 1.62 bits per heavy atom. The highest BCUT2D eigenvalue weighted by Crippen LogP contribution is 2.40. The Balaban J connectivity index is 2.63. The predicted octanol–water partition coefficient (Wildman–Crippen LogP) is 5.68. The fraction of sp³-hybridized carbons (Fsp3) is 0.455. The maximum absolute atomic E-state index is 10.1. The molecule has 0 aliphatic rings. The summed E-state index contributed by atoms with van der Waals surface area (Å²) >= 11 is 0. The SMILES string of the molecule is C=C(C)c1cc2ccccc2cc1C(CC)(CC)OCC(C)(C)O. The molecule has 130 valence electrons. The molecule has 0 aromatic heterocycles. The van der Waals surface area contributed by atoms with Gasteiger partial charge in [0, 0.05) is 0 Å². The molecule has 0 unspecified atom stereocenters. The molecule has 0 aliphatic heterocycles. The summed E-state index contributed by atoms with van der Waals surface area (Å²) in [7, 11) is 0. The smallest absolute Gasteiger partial charge is 0.0933 e. The Bertz CT molecular complexity index is 718. The molecule has 0 heterocycles. The summed E-state index contributed by atoms with van der Waals surface area (Å²) in [6.45, 7) is 14.4. The summed E-state index contributed by atoms with van der Waals surface area (Å²) in [6, 6.07) is 12.8. The molecule has 0 aliphatic carbocycles. The van der Waals surface area contributed by atoms with E-state index < -0.39 is 11.2 Å². The van der Waals surface area contributed by atoms with Crippen molar-refractivity contribution in [2.75, 3.05) is 6.61 Å². The number of ether oxygens (including phenoxy) is 1. The van der Waals surface area contributed by atoms with Gasteiger partial charge in [-0.05, 0) is 67.6 Å². The van der Waals surface area contributed by atoms with Crippen LogP contribution < -0.4 is 0 Å². The molecule has 2 aromatic rings. The number of fused-ring (bicyclic) bond motifs is 1. The van der Waals surface area contributed by atoms with Gasteiger partial charge in [-0.3, -0.25) is 0 Å². The van der Waals surface area contributed by atoms with Gasteiger partial charge in [-0.25, -0.2) is 0 Å². The van der Waals surface area contributed by atoms with E-state index in [1.165, 1.54) is 16.3 Å². The number of hydrogen-bond acceptors (Lipinski definition) is 2. The zero-order chi connectivity index (χ0) is 18.0. The topological polar surface area (TPSA) is 29.5 Å². The third-order valence-electron chi connectivity index (χ3n) is 4.68. The zero-order valence-corrected chi connectivity index (χ0v) is 15.6. The van der Waals surface area contributed by atoms with Crippen LogP contribution in [0, 0.1) is 0 Å². The molecule has 0 atom stereocenters. The Morgan fingerprint density at radius 1 is 1.08 bits per heavy atom. The number of rotatable bonds is 7. The first-order valence-corrected chi connectivity index (χ1v) is 8.78. The van der Waals surface area contributed by atoms with Crippen LogP contribution in [0.25, 0.3) is 16.3 Å². The Kier molecular flexibility index (Phi) is 5.52. The Hall–Kier alpha value is -1.64. The van der Waals surface area contributed by atoms with Gasteiger partial charge < -0.3 is 9.84 Å². The van der Waals surface area contributed by atoms with Gasteiger partial charge in [-0.1, -0.05) is 50.3 Å². The highest BCUT2D eigenvalue weighted by atomic mass is 16.5. The van der Waals surface area contributed by atoms with Crippen molar-refractivity contribution in [3.63, 3.8) is 0 Å². The lowest BCUT2D eigenvalue weighted by molar-refractivity contribution is -0.116. The van der Waals surface area contributed by atoms with Gasteiger partial charge in [-0.15, -0.1) is 0 Å². The number of allylic oxidation sites excluding steroid dienone is 1. The highest BCUT2D eigenvalue weighted by Gasteiger charge is 2.34. The molecule has 2 heteroatoms. The van der Waals surface area contributed by atoms with E-state index in [1.807, 2.05) is 6.92 Å². The fourth-order valence-electron chi connectivity index (χ4n) is 3.20. The summed E-state index contributed by atoms with van der Waals surface area (Å²) < 4.78 is 6.33. The number of hydrogen-bond donors (Lipinski definition) is 1. The van der Waals surface area contributed by atoms with Gasteiger partial charge in [0.2, 0.25) is 0 Å². The second kappa shape index (κ2) is 7.08. The molecule has 0 fully saturated rings. The Labute approximate surface area is 146 Å². The van der Waals surface area contributed by atoms with Crippen molar-refractivity contribution >= 4 is 16.3 Å². The second-order valence-electron chi connectivity index (χ2n) is 7.33. The molecular formula is C22H30O2. The van der Waals surface area contributed by atoms with Gasteiger partial charge in [0.05, 0.1) is 17.8 Å². The van der Waals surface area contributed by atoms with E-state index in [-0.39, 0.29) is 0 Å². The fourth-order valence-corrected chi connectivity index (χ4v) is 3.20. The summed E-state index contributed by atoms with van der Waals surface area (Å²) in [5.41, 5.74) is 2.08. The van der Waals surface area contributed by atoms with Crippen molar-refractivity contribution in [2.24, 2.45) is 0 Å². The molecule has 0 bridgehead atoms. The van der Waals surface area contributed by atoms with Gasteiger partial charge in [0.15, 0.2) is 0 Å². The van der Waals surface area contributed by atoms with Crippen LogP contribution in [-0.4, -0.2) is 17.3 Å². The minimum atomic E-state index is -0.851. The van der Waals surface area contributed by atoms with Gasteiger partial charge in [0.25, 0.3) is 0 Å². The summed E-state index contributed by atoms with van der Waals surface area (Å²) in [6.07, 6.45) is 1.69. The van der Waals surface area contributed by atoms with Crippen LogP contribution in [0.15, 0.2) is 43.0 Å². The van der Waals surface area contributed by atoms with Crippen molar-refractivity contribution in [2.45, 2.75) is 58.7 Å². The van der Waals surface area contributed by atoms with Gasteiger partial charge in [0.1, 0.15) is 0 Å². The average Bonchev–Trinajstić information content (AvgIpc) is 2.54. The van der Waals surface area contributed by atoms with Gasteiger partial charge in [-0.2, -0.15) is 0 Å². The first kappa shape index (κ1) is 18.7. The lowest BCUT2D eigenvalue weighted by Crippen LogP contribution is -2.36. The van der Waals surface area contributed by atoms with E-state index in [2.05, 4.69) is 56.8 Å². The molecule has 0 amide bonds. The third-order valence-corrected chi connectivity index (χ3v) is 4.68. The van der Waals surface area contributed by atoms with E-state index in [9.17, 15) is 5.11 Å².